The van der Waals surface area contributed by atoms with Crippen molar-refractivity contribution in [1.29, 1.82) is 0 Å². The monoisotopic (exact) mass is 493 g/mol. The molecule has 0 aliphatic heterocycles. The molecular formula is C28H25Cl2NO3. The van der Waals surface area contributed by atoms with Crippen LogP contribution in [0.5, 0.6) is 23.0 Å². The van der Waals surface area contributed by atoms with Crippen LogP contribution in [-0.2, 0) is 13.2 Å². The first-order chi connectivity index (χ1) is 16.6. The van der Waals surface area contributed by atoms with Crippen molar-refractivity contribution in [3.8, 4) is 23.0 Å². The molecule has 0 saturated heterocycles. The zero-order valence-electron chi connectivity index (χ0n) is 18.8. The zero-order valence-corrected chi connectivity index (χ0v) is 20.3. The fourth-order valence-corrected chi connectivity index (χ4v) is 3.78. The van der Waals surface area contributed by atoms with Crippen LogP contribution in [0, 0.1) is 0 Å². The van der Waals surface area contributed by atoms with Gasteiger partial charge < -0.3 is 19.5 Å². The van der Waals surface area contributed by atoms with Gasteiger partial charge in [0.15, 0.2) is 11.5 Å². The molecule has 174 valence electrons. The third kappa shape index (κ3) is 6.60. The van der Waals surface area contributed by atoms with Gasteiger partial charge in [0.1, 0.15) is 18.1 Å². The maximum Gasteiger partial charge on any atom is 0.161 e. The molecule has 34 heavy (non-hydrogen) atoms. The molecular weight excluding hydrogens is 469 g/mol. The Morgan fingerprint density at radius 2 is 1.50 bits per heavy atom. The Balaban J connectivity index is 1.37. The Labute approximate surface area is 210 Å². The average Bonchev–Trinajstić information content (AvgIpc) is 2.85. The summed E-state index contributed by atoms with van der Waals surface area (Å²) in [6, 6.07) is 28.9. The van der Waals surface area contributed by atoms with E-state index in [2.05, 4.69) is 5.32 Å². The van der Waals surface area contributed by atoms with Gasteiger partial charge in [0.05, 0.1) is 6.61 Å². The van der Waals surface area contributed by atoms with E-state index in [9.17, 15) is 0 Å². The van der Waals surface area contributed by atoms with Crippen molar-refractivity contribution in [1.82, 2.24) is 0 Å². The lowest BCUT2D eigenvalue weighted by molar-refractivity contribution is 0.269. The molecule has 1 N–H and O–H groups in total. The summed E-state index contributed by atoms with van der Waals surface area (Å²) in [6.45, 7) is 3.45. The molecule has 0 aromatic heterocycles. The maximum absolute atomic E-state index is 6.26. The highest BCUT2D eigenvalue weighted by molar-refractivity contribution is 6.35. The first-order valence-electron chi connectivity index (χ1n) is 11.0. The first kappa shape index (κ1) is 23.8. The van der Waals surface area contributed by atoms with Crippen LogP contribution in [0.4, 0.5) is 5.69 Å². The molecule has 0 aliphatic carbocycles. The summed E-state index contributed by atoms with van der Waals surface area (Å²) in [4.78, 5) is 0. The van der Waals surface area contributed by atoms with Gasteiger partial charge in [-0.05, 0) is 73.2 Å². The highest BCUT2D eigenvalue weighted by Crippen LogP contribution is 2.31. The summed E-state index contributed by atoms with van der Waals surface area (Å²) in [5.74, 6) is 2.96. The topological polar surface area (TPSA) is 39.7 Å². The Kier molecular flexibility index (Phi) is 8.18. The summed E-state index contributed by atoms with van der Waals surface area (Å²) in [7, 11) is 0. The van der Waals surface area contributed by atoms with Crippen LogP contribution >= 0.6 is 23.2 Å². The Morgan fingerprint density at radius 1 is 0.735 bits per heavy atom. The third-order valence-electron chi connectivity index (χ3n) is 5.04. The quantitative estimate of drug-likeness (QED) is 0.240. The van der Waals surface area contributed by atoms with E-state index in [1.54, 1.807) is 12.1 Å². The largest absolute Gasteiger partial charge is 0.490 e. The standard InChI is InChI=1S/C28H25Cl2NO3/c1-2-32-28-16-20(8-15-27(28)33-19-21-9-10-22(29)17-26(21)30)18-31-23-11-13-25(14-12-23)34-24-6-4-3-5-7-24/h3-17,31H,2,18-19H2,1H3. The number of hydrogen-bond donors (Lipinski definition) is 1. The first-order valence-corrected chi connectivity index (χ1v) is 11.8. The molecule has 0 aliphatic rings. The molecule has 4 nitrogen and oxygen atoms in total. The molecule has 6 heteroatoms. The average molecular weight is 494 g/mol. The summed E-state index contributed by atoms with van der Waals surface area (Å²) in [6.07, 6.45) is 0. The van der Waals surface area contributed by atoms with Crippen molar-refractivity contribution < 1.29 is 14.2 Å². The predicted molar refractivity (Wildman–Crippen MR) is 139 cm³/mol. The fourth-order valence-electron chi connectivity index (χ4n) is 3.31. The summed E-state index contributed by atoms with van der Waals surface area (Å²) in [5, 5.41) is 4.60. The van der Waals surface area contributed by atoms with Crippen molar-refractivity contribution >= 4 is 28.9 Å². The molecule has 0 heterocycles. The highest BCUT2D eigenvalue weighted by Gasteiger charge is 2.09. The van der Waals surface area contributed by atoms with Crippen LogP contribution in [0.15, 0.2) is 91.0 Å². The number of rotatable bonds is 10. The van der Waals surface area contributed by atoms with Gasteiger partial charge >= 0.3 is 0 Å². The van der Waals surface area contributed by atoms with Crippen molar-refractivity contribution in [2.45, 2.75) is 20.1 Å². The van der Waals surface area contributed by atoms with Crippen molar-refractivity contribution in [3.63, 3.8) is 0 Å². The van der Waals surface area contributed by atoms with Gasteiger partial charge in [-0.3, -0.25) is 0 Å². The smallest absolute Gasteiger partial charge is 0.161 e. The molecule has 0 saturated carbocycles. The van der Waals surface area contributed by atoms with Crippen molar-refractivity contribution in [2.75, 3.05) is 11.9 Å². The lowest BCUT2D eigenvalue weighted by Gasteiger charge is -2.15. The SMILES string of the molecule is CCOc1cc(CNc2ccc(Oc3ccccc3)cc2)ccc1OCc1ccc(Cl)cc1Cl. The van der Waals surface area contributed by atoms with Crippen LogP contribution < -0.4 is 19.5 Å². The molecule has 0 atom stereocenters. The van der Waals surface area contributed by atoms with E-state index >= 15 is 0 Å². The number of halogens is 2. The summed E-state index contributed by atoms with van der Waals surface area (Å²) >= 11 is 12.2. The molecule has 4 aromatic rings. The second-order valence-corrected chi connectivity index (χ2v) is 8.38. The van der Waals surface area contributed by atoms with Gasteiger partial charge in [-0.25, -0.2) is 0 Å². The minimum Gasteiger partial charge on any atom is -0.490 e. The van der Waals surface area contributed by atoms with Gasteiger partial charge in [0.2, 0.25) is 0 Å². The second kappa shape index (κ2) is 11.7. The van der Waals surface area contributed by atoms with E-state index in [1.165, 1.54) is 0 Å². The van der Waals surface area contributed by atoms with Crippen LogP contribution in [0.25, 0.3) is 0 Å². The van der Waals surface area contributed by atoms with Crippen LogP contribution in [0.2, 0.25) is 10.0 Å². The molecule has 0 bridgehead atoms. The number of hydrogen-bond acceptors (Lipinski definition) is 4. The summed E-state index contributed by atoms with van der Waals surface area (Å²) in [5.41, 5.74) is 2.93. The van der Waals surface area contributed by atoms with Gasteiger partial charge in [0.25, 0.3) is 0 Å². The molecule has 4 rings (SSSR count). The number of nitrogens with one attached hydrogen (secondary N) is 1. The highest BCUT2D eigenvalue weighted by atomic mass is 35.5. The number of ether oxygens (including phenoxy) is 3. The number of para-hydroxylation sites is 1. The lowest BCUT2D eigenvalue weighted by Crippen LogP contribution is -2.03. The van der Waals surface area contributed by atoms with Gasteiger partial charge in [-0.1, -0.05) is 53.5 Å². The van der Waals surface area contributed by atoms with Crippen LogP contribution in [-0.4, -0.2) is 6.61 Å². The van der Waals surface area contributed by atoms with Gasteiger partial charge in [0, 0.05) is 27.8 Å². The molecule has 0 amide bonds. The molecule has 0 spiro atoms. The van der Waals surface area contributed by atoms with Crippen LogP contribution in [0.3, 0.4) is 0 Å². The minimum absolute atomic E-state index is 0.324. The zero-order chi connectivity index (χ0) is 23.8. The number of benzene rings is 4. The predicted octanol–water partition coefficient (Wildman–Crippen LogP) is 8.38. The van der Waals surface area contributed by atoms with Crippen molar-refractivity contribution in [3.05, 3.63) is 112 Å². The minimum atomic E-state index is 0.324. The van der Waals surface area contributed by atoms with E-state index in [-0.39, 0.29) is 0 Å². The maximum atomic E-state index is 6.26. The van der Waals surface area contributed by atoms with E-state index in [4.69, 9.17) is 37.4 Å². The van der Waals surface area contributed by atoms with E-state index < -0.39 is 0 Å². The second-order valence-electron chi connectivity index (χ2n) is 7.53. The summed E-state index contributed by atoms with van der Waals surface area (Å²) < 4.78 is 17.7. The van der Waals surface area contributed by atoms with E-state index in [0.717, 1.165) is 28.3 Å². The van der Waals surface area contributed by atoms with Gasteiger partial charge in [-0.15, -0.1) is 0 Å². The normalized spacial score (nSPS) is 10.6. The Bertz CT molecular complexity index is 1210. The van der Waals surface area contributed by atoms with E-state index in [1.807, 2.05) is 85.8 Å². The third-order valence-corrected chi connectivity index (χ3v) is 5.62. The van der Waals surface area contributed by atoms with E-state index in [0.29, 0.717) is 41.3 Å². The number of anilines is 1. The van der Waals surface area contributed by atoms with Gasteiger partial charge in [-0.2, -0.15) is 0 Å². The molecule has 0 fully saturated rings. The fraction of sp³-hybridized carbons (Fsp3) is 0.143. The molecule has 4 aromatic carbocycles. The molecule has 0 unspecified atom stereocenters. The Morgan fingerprint density at radius 3 is 2.24 bits per heavy atom. The Hall–Kier alpha value is -3.34. The molecule has 0 radical (unpaired) electrons. The van der Waals surface area contributed by atoms with Crippen molar-refractivity contribution in [2.24, 2.45) is 0 Å². The lowest BCUT2D eigenvalue weighted by atomic mass is 10.2. The van der Waals surface area contributed by atoms with Crippen LogP contribution in [0.1, 0.15) is 18.1 Å².